The lowest BCUT2D eigenvalue weighted by Crippen LogP contribution is -2.23. The van der Waals surface area contributed by atoms with Gasteiger partial charge >= 0.3 is 5.97 Å². The molecule has 1 fully saturated rings. The average Bonchev–Trinajstić information content (AvgIpc) is 2.74. The molecule has 1 aromatic rings. The Balaban J connectivity index is 0.00000144. The molecule has 1 aromatic carbocycles. The summed E-state index contributed by atoms with van der Waals surface area (Å²) in [6, 6.07) is 9.97. The minimum absolute atomic E-state index is 0. The SMILES string of the molecule is CCN1CC(c2ccccc2)[C@H](C(=O)O)C1.Cl. The fraction of sp³-hybridized carbons (Fsp3) is 0.462. The van der Waals surface area contributed by atoms with Gasteiger partial charge in [0.1, 0.15) is 0 Å². The van der Waals surface area contributed by atoms with Crippen LogP contribution in [0.2, 0.25) is 0 Å². The van der Waals surface area contributed by atoms with E-state index in [9.17, 15) is 9.90 Å². The Bertz CT molecular complexity index is 369. The topological polar surface area (TPSA) is 40.5 Å². The van der Waals surface area contributed by atoms with Crippen LogP contribution in [0, 0.1) is 5.92 Å². The summed E-state index contributed by atoms with van der Waals surface area (Å²) in [5.41, 5.74) is 1.14. The third kappa shape index (κ3) is 2.99. The maximum absolute atomic E-state index is 11.2. The number of nitrogens with zero attached hydrogens (tertiary/aromatic N) is 1. The van der Waals surface area contributed by atoms with Crippen LogP contribution in [0.5, 0.6) is 0 Å². The lowest BCUT2D eigenvalue weighted by atomic mass is 9.89. The number of carboxylic acids is 1. The molecule has 1 aliphatic heterocycles. The highest BCUT2D eigenvalue weighted by Crippen LogP contribution is 2.32. The van der Waals surface area contributed by atoms with E-state index in [1.807, 2.05) is 30.3 Å². The van der Waals surface area contributed by atoms with E-state index in [2.05, 4.69) is 11.8 Å². The number of hydrogen-bond donors (Lipinski definition) is 1. The van der Waals surface area contributed by atoms with E-state index in [1.54, 1.807) is 0 Å². The molecule has 2 rings (SSSR count). The predicted octanol–water partition coefficient (Wildman–Crippen LogP) is 2.23. The summed E-state index contributed by atoms with van der Waals surface area (Å²) in [6.07, 6.45) is 0. The molecule has 0 saturated carbocycles. The fourth-order valence-corrected chi connectivity index (χ4v) is 2.43. The minimum atomic E-state index is -0.676. The van der Waals surface area contributed by atoms with Crippen LogP contribution in [0.1, 0.15) is 18.4 Å². The Labute approximate surface area is 108 Å². The van der Waals surface area contributed by atoms with Gasteiger partial charge in [-0.15, -0.1) is 12.4 Å². The molecule has 1 heterocycles. The van der Waals surface area contributed by atoms with Crippen molar-refractivity contribution in [2.45, 2.75) is 12.8 Å². The van der Waals surface area contributed by atoms with Crippen LogP contribution in [0.3, 0.4) is 0 Å². The summed E-state index contributed by atoms with van der Waals surface area (Å²) in [7, 11) is 0. The van der Waals surface area contributed by atoms with Crippen molar-refractivity contribution in [2.75, 3.05) is 19.6 Å². The molecule has 17 heavy (non-hydrogen) atoms. The first-order chi connectivity index (χ1) is 7.72. The zero-order chi connectivity index (χ0) is 11.5. The Kier molecular flexibility index (Phi) is 4.97. The number of hydrogen-bond acceptors (Lipinski definition) is 2. The average molecular weight is 256 g/mol. The van der Waals surface area contributed by atoms with Crippen molar-refractivity contribution < 1.29 is 9.90 Å². The van der Waals surface area contributed by atoms with Crippen LogP contribution < -0.4 is 0 Å². The number of halogens is 1. The van der Waals surface area contributed by atoms with E-state index in [-0.39, 0.29) is 24.2 Å². The number of aliphatic carboxylic acids is 1. The highest BCUT2D eigenvalue weighted by molar-refractivity contribution is 5.85. The zero-order valence-electron chi connectivity index (χ0n) is 9.87. The fourth-order valence-electron chi connectivity index (χ4n) is 2.43. The van der Waals surface area contributed by atoms with E-state index in [4.69, 9.17) is 0 Å². The van der Waals surface area contributed by atoms with Crippen molar-refractivity contribution in [3.8, 4) is 0 Å². The van der Waals surface area contributed by atoms with Crippen LogP contribution in [0.15, 0.2) is 30.3 Å². The summed E-state index contributed by atoms with van der Waals surface area (Å²) in [5, 5.41) is 9.23. The maximum Gasteiger partial charge on any atom is 0.308 e. The molecule has 0 amide bonds. The van der Waals surface area contributed by atoms with Crippen LogP contribution in [-0.4, -0.2) is 35.6 Å². The molecule has 1 saturated heterocycles. The number of likely N-dealkylation sites (N-methyl/N-ethyl adjacent to an activating group) is 1. The Morgan fingerprint density at radius 3 is 2.53 bits per heavy atom. The lowest BCUT2D eigenvalue weighted by Gasteiger charge is -2.14. The monoisotopic (exact) mass is 255 g/mol. The van der Waals surface area contributed by atoms with E-state index in [1.165, 1.54) is 0 Å². The Hall–Kier alpha value is -1.06. The van der Waals surface area contributed by atoms with Crippen molar-refractivity contribution in [2.24, 2.45) is 5.92 Å². The van der Waals surface area contributed by atoms with Crippen LogP contribution in [-0.2, 0) is 4.79 Å². The zero-order valence-corrected chi connectivity index (χ0v) is 10.7. The summed E-state index contributed by atoms with van der Waals surface area (Å²) in [5.74, 6) is -0.800. The van der Waals surface area contributed by atoms with Gasteiger partial charge in [-0.1, -0.05) is 37.3 Å². The van der Waals surface area contributed by atoms with Gasteiger partial charge in [0.15, 0.2) is 0 Å². The van der Waals surface area contributed by atoms with Gasteiger partial charge in [-0.05, 0) is 12.1 Å². The first kappa shape index (κ1) is 14.0. The molecule has 2 atom stereocenters. The maximum atomic E-state index is 11.2. The normalized spacial score (nSPS) is 24.3. The molecule has 1 unspecified atom stereocenters. The standard InChI is InChI=1S/C13H17NO2.ClH/c1-2-14-8-11(12(9-14)13(15)16)10-6-4-3-5-7-10;/h3-7,11-12H,2,8-9H2,1H3,(H,15,16);1H/t11?,12-;/m1./s1. The van der Waals surface area contributed by atoms with E-state index < -0.39 is 5.97 Å². The molecule has 0 radical (unpaired) electrons. The Morgan fingerprint density at radius 1 is 1.35 bits per heavy atom. The number of carbonyl (C=O) groups is 1. The second-order valence-corrected chi connectivity index (χ2v) is 4.31. The van der Waals surface area contributed by atoms with Gasteiger partial charge in [0.05, 0.1) is 5.92 Å². The van der Waals surface area contributed by atoms with Crippen molar-refractivity contribution in [3.05, 3.63) is 35.9 Å². The van der Waals surface area contributed by atoms with Gasteiger partial charge < -0.3 is 10.0 Å². The number of carboxylic acid groups (broad SMARTS) is 1. The van der Waals surface area contributed by atoms with E-state index in [0.29, 0.717) is 6.54 Å². The van der Waals surface area contributed by atoms with Gasteiger partial charge in [0, 0.05) is 19.0 Å². The van der Waals surface area contributed by atoms with Crippen LogP contribution in [0.4, 0.5) is 0 Å². The third-order valence-electron chi connectivity index (χ3n) is 3.39. The minimum Gasteiger partial charge on any atom is -0.481 e. The van der Waals surface area contributed by atoms with Gasteiger partial charge in [0.2, 0.25) is 0 Å². The summed E-state index contributed by atoms with van der Waals surface area (Å²) >= 11 is 0. The second kappa shape index (κ2) is 6.03. The van der Waals surface area contributed by atoms with E-state index in [0.717, 1.165) is 18.7 Å². The van der Waals surface area contributed by atoms with Crippen LogP contribution >= 0.6 is 12.4 Å². The van der Waals surface area contributed by atoms with Gasteiger partial charge in [-0.25, -0.2) is 0 Å². The smallest absolute Gasteiger partial charge is 0.308 e. The van der Waals surface area contributed by atoms with Crippen molar-refractivity contribution in [1.82, 2.24) is 4.90 Å². The summed E-state index contributed by atoms with van der Waals surface area (Å²) in [6.45, 7) is 4.53. The largest absolute Gasteiger partial charge is 0.481 e. The first-order valence-corrected chi connectivity index (χ1v) is 5.72. The van der Waals surface area contributed by atoms with Crippen molar-refractivity contribution in [1.29, 1.82) is 0 Å². The predicted molar refractivity (Wildman–Crippen MR) is 69.7 cm³/mol. The number of likely N-dealkylation sites (tertiary alicyclic amines) is 1. The first-order valence-electron chi connectivity index (χ1n) is 5.72. The molecule has 0 bridgehead atoms. The van der Waals surface area contributed by atoms with Crippen LogP contribution in [0.25, 0.3) is 0 Å². The highest BCUT2D eigenvalue weighted by Gasteiger charge is 2.37. The van der Waals surface area contributed by atoms with Gasteiger partial charge in [-0.3, -0.25) is 4.79 Å². The van der Waals surface area contributed by atoms with Crippen molar-refractivity contribution >= 4 is 18.4 Å². The lowest BCUT2D eigenvalue weighted by molar-refractivity contribution is -0.141. The molecule has 94 valence electrons. The molecule has 3 nitrogen and oxygen atoms in total. The molecule has 0 aliphatic carbocycles. The molecule has 4 heteroatoms. The third-order valence-corrected chi connectivity index (χ3v) is 3.39. The molecular formula is C13H18ClNO2. The number of benzene rings is 1. The molecule has 1 aliphatic rings. The molecule has 0 aromatic heterocycles. The summed E-state index contributed by atoms with van der Waals surface area (Å²) < 4.78 is 0. The molecule has 0 spiro atoms. The summed E-state index contributed by atoms with van der Waals surface area (Å²) in [4.78, 5) is 13.4. The van der Waals surface area contributed by atoms with Gasteiger partial charge in [0.25, 0.3) is 0 Å². The van der Waals surface area contributed by atoms with Gasteiger partial charge in [-0.2, -0.15) is 0 Å². The number of rotatable bonds is 3. The molecular weight excluding hydrogens is 238 g/mol. The second-order valence-electron chi connectivity index (χ2n) is 4.31. The highest BCUT2D eigenvalue weighted by atomic mass is 35.5. The molecule has 1 N–H and O–H groups in total. The van der Waals surface area contributed by atoms with E-state index >= 15 is 0 Å². The van der Waals surface area contributed by atoms with Crippen molar-refractivity contribution in [3.63, 3.8) is 0 Å². The Morgan fingerprint density at radius 2 is 2.00 bits per heavy atom. The quantitative estimate of drug-likeness (QED) is 0.901.